The second kappa shape index (κ2) is 6.93. The van der Waals surface area contributed by atoms with Crippen LogP contribution in [0.2, 0.25) is 0 Å². The van der Waals surface area contributed by atoms with Crippen LogP contribution in [0.15, 0.2) is 0 Å². The van der Waals surface area contributed by atoms with Gasteiger partial charge in [0.05, 0.1) is 5.69 Å². The SMILES string of the molecule is COCCC(C)n1c(C2CCCCC2)nc2c1CCNC2. The smallest absolute Gasteiger partial charge is 0.112 e. The number of imidazole rings is 1. The van der Waals surface area contributed by atoms with E-state index < -0.39 is 0 Å². The summed E-state index contributed by atoms with van der Waals surface area (Å²) in [5, 5.41) is 3.47. The fourth-order valence-corrected chi connectivity index (χ4v) is 3.91. The van der Waals surface area contributed by atoms with E-state index in [1.165, 1.54) is 49.3 Å². The molecule has 0 aromatic carbocycles. The summed E-state index contributed by atoms with van der Waals surface area (Å²) in [6, 6.07) is 0.497. The number of rotatable bonds is 5. The average Bonchev–Trinajstić information content (AvgIpc) is 2.93. The van der Waals surface area contributed by atoms with Crippen LogP contribution in [0.5, 0.6) is 0 Å². The second-order valence-corrected chi connectivity index (χ2v) is 6.63. The minimum atomic E-state index is 0.497. The first-order valence-electron chi connectivity index (χ1n) is 8.60. The van der Waals surface area contributed by atoms with E-state index in [2.05, 4.69) is 16.8 Å². The molecule has 0 radical (unpaired) electrons. The Bertz CT molecular complexity index is 463. The highest BCUT2D eigenvalue weighted by Crippen LogP contribution is 2.35. The molecule has 4 nitrogen and oxygen atoms in total. The summed E-state index contributed by atoms with van der Waals surface area (Å²) in [4.78, 5) is 5.06. The van der Waals surface area contributed by atoms with Crippen molar-refractivity contribution in [2.24, 2.45) is 0 Å². The molecule has 2 aliphatic rings. The highest BCUT2D eigenvalue weighted by atomic mass is 16.5. The highest BCUT2D eigenvalue weighted by molar-refractivity contribution is 5.23. The van der Waals surface area contributed by atoms with Crippen molar-refractivity contribution in [1.29, 1.82) is 0 Å². The number of nitrogens with one attached hydrogen (secondary N) is 1. The Morgan fingerprint density at radius 3 is 2.90 bits per heavy atom. The van der Waals surface area contributed by atoms with E-state index in [-0.39, 0.29) is 0 Å². The third kappa shape index (κ3) is 3.16. The fourth-order valence-electron chi connectivity index (χ4n) is 3.91. The van der Waals surface area contributed by atoms with Gasteiger partial charge in [0.25, 0.3) is 0 Å². The van der Waals surface area contributed by atoms with Gasteiger partial charge in [-0.3, -0.25) is 0 Å². The van der Waals surface area contributed by atoms with Gasteiger partial charge in [-0.25, -0.2) is 4.98 Å². The number of methoxy groups -OCH3 is 1. The van der Waals surface area contributed by atoms with Gasteiger partial charge >= 0.3 is 0 Å². The number of ether oxygens (including phenoxy) is 1. The largest absolute Gasteiger partial charge is 0.385 e. The van der Waals surface area contributed by atoms with E-state index in [0.29, 0.717) is 12.0 Å². The molecule has 1 saturated carbocycles. The van der Waals surface area contributed by atoms with E-state index in [1.807, 2.05) is 0 Å². The van der Waals surface area contributed by atoms with Gasteiger partial charge in [0, 0.05) is 50.9 Å². The Morgan fingerprint density at radius 1 is 1.33 bits per heavy atom. The zero-order valence-corrected chi connectivity index (χ0v) is 13.5. The van der Waals surface area contributed by atoms with E-state index in [1.54, 1.807) is 7.11 Å². The predicted octanol–water partition coefficient (Wildman–Crippen LogP) is 3.17. The molecule has 1 fully saturated rings. The van der Waals surface area contributed by atoms with Crippen LogP contribution in [0.1, 0.15) is 74.6 Å². The van der Waals surface area contributed by atoms with Crippen LogP contribution < -0.4 is 5.32 Å². The lowest BCUT2D eigenvalue weighted by atomic mass is 9.88. The number of aromatic nitrogens is 2. The summed E-state index contributed by atoms with van der Waals surface area (Å²) in [5.74, 6) is 2.04. The van der Waals surface area contributed by atoms with Crippen molar-refractivity contribution in [1.82, 2.24) is 14.9 Å². The van der Waals surface area contributed by atoms with Crippen LogP contribution in [0.3, 0.4) is 0 Å². The van der Waals surface area contributed by atoms with Crippen molar-refractivity contribution in [3.05, 3.63) is 17.2 Å². The molecule has 1 atom stereocenters. The monoisotopic (exact) mass is 291 g/mol. The van der Waals surface area contributed by atoms with Crippen molar-refractivity contribution in [2.45, 2.75) is 70.4 Å². The summed E-state index contributed by atoms with van der Waals surface area (Å²) >= 11 is 0. The molecular weight excluding hydrogens is 262 g/mol. The lowest BCUT2D eigenvalue weighted by molar-refractivity contribution is 0.179. The quantitative estimate of drug-likeness (QED) is 0.905. The molecule has 1 aliphatic carbocycles. The lowest BCUT2D eigenvalue weighted by Gasteiger charge is -2.26. The normalized spacial score (nSPS) is 21.2. The third-order valence-corrected chi connectivity index (χ3v) is 5.10. The van der Waals surface area contributed by atoms with E-state index in [0.717, 1.165) is 32.5 Å². The van der Waals surface area contributed by atoms with Crippen LogP contribution in [-0.4, -0.2) is 29.8 Å². The maximum atomic E-state index is 5.29. The van der Waals surface area contributed by atoms with Crippen LogP contribution >= 0.6 is 0 Å². The molecule has 1 aromatic heterocycles. The van der Waals surface area contributed by atoms with Crippen molar-refractivity contribution in [2.75, 3.05) is 20.3 Å². The number of hydrogen-bond acceptors (Lipinski definition) is 3. The van der Waals surface area contributed by atoms with Crippen molar-refractivity contribution >= 4 is 0 Å². The Balaban J connectivity index is 1.91. The zero-order chi connectivity index (χ0) is 14.7. The molecule has 0 amide bonds. The molecule has 1 unspecified atom stereocenters. The molecular formula is C17H29N3O. The van der Waals surface area contributed by atoms with Gasteiger partial charge < -0.3 is 14.6 Å². The molecule has 118 valence electrons. The predicted molar refractivity (Wildman–Crippen MR) is 84.7 cm³/mol. The first-order chi connectivity index (χ1) is 10.3. The van der Waals surface area contributed by atoms with Gasteiger partial charge in [-0.05, 0) is 26.2 Å². The van der Waals surface area contributed by atoms with E-state index >= 15 is 0 Å². The maximum absolute atomic E-state index is 5.29. The van der Waals surface area contributed by atoms with Crippen LogP contribution in [0, 0.1) is 0 Å². The van der Waals surface area contributed by atoms with Gasteiger partial charge in [0.1, 0.15) is 5.82 Å². The van der Waals surface area contributed by atoms with Gasteiger partial charge in [-0.15, -0.1) is 0 Å². The minimum absolute atomic E-state index is 0.497. The second-order valence-electron chi connectivity index (χ2n) is 6.63. The highest BCUT2D eigenvalue weighted by Gasteiger charge is 2.28. The summed E-state index contributed by atoms with van der Waals surface area (Å²) in [6.07, 6.45) is 8.97. The molecule has 1 N–H and O–H groups in total. The Hall–Kier alpha value is -0.870. The molecule has 0 spiro atoms. The summed E-state index contributed by atoms with van der Waals surface area (Å²) in [7, 11) is 1.79. The van der Waals surface area contributed by atoms with Crippen LogP contribution in [0.4, 0.5) is 0 Å². The third-order valence-electron chi connectivity index (χ3n) is 5.10. The van der Waals surface area contributed by atoms with E-state index in [9.17, 15) is 0 Å². The summed E-state index contributed by atoms with van der Waals surface area (Å²) < 4.78 is 7.87. The number of fused-ring (bicyclic) bond motifs is 1. The van der Waals surface area contributed by atoms with Gasteiger partial charge in [0.2, 0.25) is 0 Å². The molecule has 1 aromatic rings. The van der Waals surface area contributed by atoms with Crippen molar-refractivity contribution in [3.63, 3.8) is 0 Å². The number of nitrogens with zero attached hydrogens (tertiary/aromatic N) is 2. The van der Waals surface area contributed by atoms with Crippen molar-refractivity contribution < 1.29 is 4.74 Å². The fraction of sp³-hybridized carbons (Fsp3) is 0.824. The standard InChI is InChI=1S/C17H29N3O/c1-13(9-11-21-2)20-16-8-10-18-12-15(16)19-17(20)14-6-4-3-5-7-14/h13-14,18H,3-12H2,1-2H3. The molecule has 1 aliphatic heterocycles. The van der Waals surface area contributed by atoms with Gasteiger partial charge in [-0.1, -0.05) is 19.3 Å². The minimum Gasteiger partial charge on any atom is -0.385 e. The molecule has 3 rings (SSSR count). The van der Waals surface area contributed by atoms with Gasteiger partial charge in [-0.2, -0.15) is 0 Å². The molecule has 0 saturated heterocycles. The molecule has 21 heavy (non-hydrogen) atoms. The summed E-state index contributed by atoms with van der Waals surface area (Å²) in [5.41, 5.74) is 2.78. The topological polar surface area (TPSA) is 39.1 Å². The average molecular weight is 291 g/mol. The van der Waals surface area contributed by atoms with Crippen LogP contribution in [-0.2, 0) is 17.7 Å². The van der Waals surface area contributed by atoms with Crippen LogP contribution in [0.25, 0.3) is 0 Å². The number of hydrogen-bond donors (Lipinski definition) is 1. The Labute approximate surface area is 128 Å². The lowest BCUT2D eigenvalue weighted by Crippen LogP contribution is -2.26. The first-order valence-corrected chi connectivity index (χ1v) is 8.60. The molecule has 2 heterocycles. The molecule has 0 bridgehead atoms. The maximum Gasteiger partial charge on any atom is 0.112 e. The van der Waals surface area contributed by atoms with E-state index in [4.69, 9.17) is 9.72 Å². The first kappa shape index (κ1) is 15.0. The Morgan fingerprint density at radius 2 is 2.14 bits per heavy atom. The Kier molecular flexibility index (Phi) is 4.96. The summed E-state index contributed by atoms with van der Waals surface area (Å²) in [6.45, 7) is 5.19. The molecule has 4 heteroatoms. The van der Waals surface area contributed by atoms with Gasteiger partial charge in [0.15, 0.2) is 0 Å². The van der Waals surface area contributed by atoms with Crippen molar-refractivity contribution in [3.8, 4) is 0 Å². The zero-order valence-electron chi connectivity index (χ0n) is 13.5.